The Morgan fingerprint density at radius 3 is 2.67 bits per heavy atom. The van der Waals surface area contributed by atoms with Crippen molar-refractivity contribution in [1.82, 2.24) is 0 Å². The van der Waals surface area contributed by atoms with Crippen molar-refractivity contribution in [2.24, 2.45) is 5.73 Å². The van der Waals surface area contributed by atoms with Crippen molar-refractivity contribution in [2.75, 3.05) is 6.54 Å². The first-order valence-corrected chi connectivity index (χ1v) is 6.83. The molecule has 2 N–H and O–H groups in total. The molecule has 0 spiro atoms. The maximum absolute atomic E-state index is 11.0. The van der Waals surface area contributed by atoms with Crippen molar-refractivity contribution in [3.63, 3.8) is 0 Å². The topological polar surface area (TPSA) is 78.4 Å². The highest BCUT2D eigenvalue weighted by molar-refractivity contribution is 6.30. The Morgan fingerprint density at radius 1 is 1.19 bits per heavy atom. The van der Waals surface area contributed by atoms with E-state index in [0.717, 1.165) is 5.56 Å². The fourth-order valence-corrected chi connectivity index (χ4v) is 2.20. The lowest BCUT2D eigenvalue weighted by molar-refractivity contribution is -0.385. The summed E-state index contributed by atoms with van der Waals surface area (Å²) in [5.41, 5.74) is 6.97. The second-order valence-corrected chi connectivity index (χ2v) is 4.90. The summed E-state index contributed by atoms with van der Waals surface area (Å²) in [6.07, 6.45) is 0.688. The Balaban J connectivity index is 2.20. The molecule has 0 aromatic heterocycles. The van der Waals surface area contributed by atoms with E-state index in [2.05, 4.69) is 0 Å². The van der Waals surface area contributed by atoms with E-state index in [1.54, 1.807) is 6.07 Å². The van der Waals surface area contributed by atoms with Gasteiger partial charge in [0.25, 0.3) is 5.69 Å². The molecule has 0 heterocycles. The molecule has 0 atom stereocenters. The zero-order valence-corrected chi connectivity index (χ0v) is 12.0. The predicted molar refractivity (Wildman–Crippen MR) is 81.6 cm³/mol. The minimum absolute atomic E-state index is 0.00398. The van der Waals surface area contributed by atoms with Gasteiger partial charge in [0.2, 0.25) is 0 Å². The van der Waals surface area contributed by atoms with E-state index >= 15 is 0 Å². The highest BCUT2D eigenvalue weighted by atomic mass is 35.5. The van der Waals surface area contributed by atoms with Crippen molar-refractivity contribution < 1.29 is 9.66 Å². The Bertz CT molecular complexity index is 647. The molecule has 5 nitrogen and oxygen atoms in total. The average molecular weight is 307 g/mol. The molecule has 2 aromatic rings. The third-order valence-electron chi connectivity index (χ3n) is 3.01. The molecule has 0 saturated carbocycles. The molecule has 2 rings (SSSR count). The van der Waals surface area contributed by atoms with Gasteiger partial charge in [0.1, 0.15) is 12.4 Å². The number of nitro benzene ring substituents is 1. The van der Waals surface area contributed by atoms with Crippen LogP contribution >= 0.6 is 11.6 Å². The maximum atomic E-state index is 11.0. The second-order valence-electron chi connectivity index (χ2n) is 4.47. The molecule has 0 aliphatic rings. The van der Waals surface area contributed by atoms with E-state index in [1.165, 1.54) is 12.1 Å². The summed E-state index contributed by atoms with van der Waals surface area (Å²) in [4.78, 5) is 10.6. The quantitative estimate of drug-likeness (QED) is 0.656. The van der Waals surface area contributed by atoms with E-state index in [0.29, 0.717) is 29.3 Å². The number of ether oxygens (including phenoxy) is 1. The van der Waals surface area contributed by atoms with E-state index in [9.17, 15) is 10.1 Å². The van der Waals surface area contributed by atoms with Crippen LogP contribution in [0, 0.1) is 10.1 Å². The van der Waals surface area contributed by atoms with E-state index in [-0.39, 0.29) is 12.3 Å². The van der Waals surface area contributed by atoms with Crippen molar-refractivity contribution in [1.29, 1.82) is 0 Å². The highest BCUT2D eigenvalue weighted by Crippen LogP contribution is 2.25. The van der Waals surface area contributed by atoms with Gasteiger partial charge in [0.15, 0.2) is 0 Å². The van der Waals surface area contributed by atoms with Crippen molar-refractivity contribution in [2.45, 2.75) is 13.0 Å². The van der Waals surface area contributed by atoms with Gasteiger partial charge in [-0.15, -0.1) is 0 Å². The maximum Gasteiger partial charge on any atom is 0.276 e. The molecule has 21 heavy (non-hydrogen) atoms. The summed E-state index contributed by atoms with van der Waals surface area (Å²) in [7, 11) is 0. The van der Waals surface area contributed by atoms with Crippen LogP contribution in [0.1, 0.15) is 11.1 Å². The van der Waals surface area contributed by atoms with Crippen molar-refractivity contribution in [3.05, 3.63) is 68.7 Å². The summed E-state index contributed by atoms with van der Waals surface area (Å²) < 4.78 is 5.70. The monoisotopic (exact) mass is 306 g/mol. The summed E-state index contributed by atoms with van der Waals surface area (Å²) in [5.74, 6) is 0.678. The fourth-order valence-electron chi connectivity index (χ4n) is 2.01. The molecule has 0 bridgehead atoms. The van der Waals surface area contributed by atoms with Gasteiger partial charge >= 0.3 is 0 Å². The summed E-state index contributed by atoms with van der Waals surface area (Å²) in [6, 6.07) is 11.9. The standard InChI is InChI=1S/C15H15ClN2O3/c16-13-5-6-14(18(19)20)12(9-13)10-21-15-4-2-1-3-11(15)7-8-17/h1-6,9H,7-8,10,17H2. The van der Waals surface area contributed by atoms with Gasteiger partial charge in [-0.05, 0) is 36.7 Å². The molecule has 0 fully saturated rings. The van der Waals surface area contributed by atoms with Crippen molar-refractivity contribution >= 4 is 17.3 Å². The third kappa shape index (κ3) is 3.93. The molecule has 2 aromatic carbocycles. The smallest absolute Gasteiger partial charge is 0.276 e. The Hall–Kier alpha value is -2.11. The number of nitrogens with two attached hydrogens (primary N) is 1. The van der Waals surface area contributed by atoms with Crippen LogP contribution in [0.3, 0.4) is 0 Å². The number of nitro groups is 1. The van der Waals surface area contributed by atoms with Crippen LogP contribution in [0.2, 0.25) is 5.02 Å². The molecule has 0 amide bonds. The Kier molecular flexibility index (Phi) is 5.14. The summed E-state index contributed by atoms with van der Waals surface area (Å²) in [5, 5.41) is 11.4. The third-order valence-corrected chi connectivity index (χ3v) is 3.24. The van der Waals surface area contributed by atoms with Crippen molar-refractivity contribution in [3.8, 4) is 5.75 Å². The Labute approximate surface area is 127 Å². The fraction of sp³-hybridized carbons (Fsp3) is 0.200. The van der Waals surface area contributed by atoms with Gasteiger partial charge in [0.05, 0.1) is 10.5 Å². The second kappa shape index (κ2) is 7.06. The molecule has 0 aliphatic carbocycles. The lowest BCUT2D eigenvalue weighted by Crippen LogP contribution is -2.06. The van der Waals surface area contributed by atoms with Gasteiger partial charge in [-0.1, -0.05) is 29.8 Å². The summed E-state index contributed by atoms with van der Waals surface area (Å²) in [6.45, 7) is 0.593. The van der Waals surface area contributed by atoms with Gasteiger partial charge in [0, 0.05) is 11.1 Å². The first kappa shape index (κ1) is 15.3. The molecule has 0 radical (unpaired) electrons. The molecule has 0 saturated heterocycles. The predicted octanol–water partition coefficient (Wildman–Crippen LogP) is 3.33. The summed E-state index contributed by atoms with van der Waals surface area (Å²) >= 11 is 5.89. The number of para-hydroxylation sites is 1. The molecule has 0 unspecified atom stereocenters. The van der Waals surface area contributed by atoms with E-state index in [1.807, 2.05) is 24.3 Å². The van der Waals surface area contributed by atoms with Crippen LogP contribution in [0.15, 0.2) is 42.5 Å². The highest BCUT2D eigenvalue weighted by Gasteiger charge is 2.15. The number of benzene rings is 2. The minimum atomic E-state index is -0.444. The van der Waals surface area contributed by atoms with E-state index in [4.69, 9.17) is 22.1 Å². The van der Waals surface area contributed by atoms with Gasteiger partial charge < -0.3 is 10.5 Å². The van der Waals surface area contributed by atoms with Crippen LogP contribution in [0.5, 0.6) is 5.75 Å². The van der Waals surface area contributed by atoms with Crippen LogP contribution < -0.4 is 10.5 Å². The number of hydrogen-bond donors (Lipinski definition) is 1. The zero-order valence-electron chi connectivity index (χ0n) is 11.3. The molecule has 6 heteroatoms. The largest absolute Gasteiger partial charge is 0.488 e. The minimum Gasteiger partial charge on any atom is -0.488 e. The molecule has 0 aliphatic heterocycles. The van der Waals surface area contributed by atoms with Crippen LogP contribution in [0.4, 0.5) is 5.69 Å². The average Bonchev–Trinajstić information content (AvgIpc) is 2.46. The number of nitrogens with zero attached hydrogens (tertiary/aromatic N) is 1. The SMILES string of the molecule is NCCc1ccccc1OCc1cc(Cl)ccc1[N+](=O)[O-]. The first-order valence-electron chi connectivity index (χ1n) is 6.45. The number of rotatable bonds is 6. The molecular formula is C15H15ClN2O3. The first-order chi connectivity index (χ1) is 10.1. The lowest BCUT2D eigenvalue weighted by atomic mass is 10.1. The number of hydrogen-bond acceptors (Lipinski definition) is 4. The van der Waals surface area contributed by atoms with Gasteiger partial charge in [-0.3, -0.25) is 10.1 Å². The van der Waals surface area contributed by atoms with Gasteiger partial charge in [-0.25, -0.2) is 0 Å². The van der Waals surface area contributed by atoms with E-state index < -0.39 is 4.92 Å². The van der Waals surface area contributed by atoms with Crippen LogP contribution in [-0.4, -0.2) is 11.5 Å². The Morgan fingerprint density at radius 2 is 1.95 bits per heavy atom. The normalized spacial score (nSPS) is 10.4. The molecule has 110 valence electrons. The zero-order chi connectivity index (χ0) is 15.2. The van der Waals surface area contributed by atoms with Crippen LogP contribution in [-0.2, 0) is 13.0 Å². The molecular weight excluding hydrogens is 292 g/mol. The van der Waals surface area contributed by atoms with Crippen LogP contribution in [0.25, 0.3) is 0 Å². The van der Waals surface area contributed by atoms with Gasteiger partial charge in [-0.2, -0.15) is 0 Å². The lowest BCUT2D eigenvalue weighted by Gasteiger charge is -2.11. The number of halogens is 1.